The minimum absolute atomic E-state index is 0.263. The van der Waals surface area contributed by atoms with E-state index in [1.165, 1.54) is 35.8 Å². The van der Waals surface area contributed by atoms with Crippen LogP contribution in [0.5, 0.6) is 0 Å². The summed E-state index contributed by atoms with van der Waals surface area (Å²) in [5, 5.41) is 13.8. The number of hydrogen-bond acceptors (Lipinski definition) is 8. The minimum Gasteiger partial charge on any atom is -0.478 e. The molecule has 3 N–H and O–H groups in total. The van der Waals surface area contributed by atoms with E-state index in [0.717, 1.165) is 23.5 Å². The second kappa shape index (κ2) is 16.9. The number of fused-ring (bicyclic) bond motifs is 1. The number of carbonyl (C=O) groups excluding carboxylic acids is 3. The van der Waals surface area contributed by atoms with Gasteiger partial charge in [0.15, 0.2) is 0 Å². The van der Waals surface area contributed by atoms with Gasteiger partial charge in [-0.15, -0.1) is 23.1 Å². The van der Waals surface area contributed by atoms with Gasteiger partial charge in [-0.2, -0.15) is 0 Å². The number of thiophene rings is 1. The zero-order valence-electron chi connectivity index (χ0n) is 27.8. The van der Waals surface area contributed by atoms with Crippen LogP contribution < -0.4 is 10.6 Å². The summed E-state index contributed by atoms with van der Waals surface area (Å²) in [5.74, 6) is -3.29. The molecule has 6 rings (SSSR count). The van der Waals surface area contributed by atoms with Gasteiger partial charge in [-0.3, -0.25) is 14.5 Å². The van der Waals surface area contributed by atoms with E-state index in [2.05, 4.69) is 27.7 Å². The van der Waals surface area contributed by atoms with Gasteiger partial charge in [-0.1, -0.05) is 113 Å². The van der Waals surface area contributed by atoms with Crippen LogP contribution in [0.25, 0.3) is 0 Å². The fourth-order valence-electron chi connectivity index (χ4n) is 5.94. The molecule has 9 nitrogen and oxygen atoms in total. The third-order valence-corrected chi connectivity index (χ3v) is 12.6. The molecule has 1 atom stereocenters. The van der Waals surface area contributed by atoms with Crippen molar-refractivity contribution < 1.29 is 29.0 Å². The Hall–Kier alpha value is -4.07. The van der Waals surface area contributed by atoms with E-state index < -0.39 is 39.2 Å². The maximum Gasteiger partial charge on any atom is 0.341 e. The van der Waals surface area contributed by atoms with Crippen molar-refractivity contribution in [3.05, 3.63) is 143 Å². The van der Waals surface area contributed by atoms with Crippen LogP contribution in [0.1, 0.15) is 57.9 Å². The van der Waals surface area contributed by atoms with Crippen LogP contribution in [-0.4, -0.2) is 47.4 Å². The Morgan fingerprint density at radius 2 is 1.51 bits per heavy atom. The normalized spacial score (nSPS) is 13.2. The van der Waals surface area contributed by atoms with Gasteiger partial charge in [0.05, 0.1) is 43.9 Å². The van der Waals surface area contributed by atoms with Crippen molar-refractivity contribution in [2.24, 2.45) is 0 Å². The minimum atomic E-state index is -1.52. The van der Waals surface area contributed by atoms with Crippen molar-refractivity contribution in [1.29, 1.82) is 0 Å². The first-order chi connectivity index (χ1) is 25.5. The van der Waals surface area contributed by atoms with Crippen LogP contribution in [0, 0.1) is 0 Å². The van der Waals surface area contributed by atoms with E-state index in [9.17, 15) is 24.3 Å². The summed E-state index contributed by atoms with van der Waals surface area (Å²) in [4.78, 5) is 56.7. The first-order valence-corrected chi connectivity index (χ1v) is 19.2. The molecule has 2 heterocycles. The second-order valence-corrected chi connectivity index (χ2v) is 15.6. The molecule has 0 saturated carbocycles. The highest BCUT2D eigenvalue weighted by molar-refractivity contribution is 8.00. The van der Waals surface area contributed by atoms with Crippen LogP contribution in [-0.2, 0) is 29.0 Å². The number of carboxylic acids is 1. The zero-order chi connectivity index (χ0) is 37.8. The van der Waals surface area contributed by atoms with Gasteiger partial charge in [0.25, 0.3) is 5.91 Å². The molecule has 1 aliphatic heterocycles. The molecule has 1 aromatic heterocycles. The molecular formula is C38H29Cl4N3O6S2. The molecule has 4 aromatic carbocycles. The van der Waals surface area contributed by atoms with E-state index in [0.29, 0.717) is 34.0 Å². The molecule has 0 saturated heterocycles. The molecule has 0 spiro atoms. The van der Waals surface area contributed by atoms with Crippen molar-refractivity contribution in [2.75, 3.05) is 24.3 Å². The number of carbonyl (C=O) groups is 4. The molecule has 1 unspecified atom stereocenters. The Morgan fingerprint density at radius 1 is 0.849 bits per heavy atom. The molecule has 53 heavy (non-hydrogen) atoms. The number of benzene rings is 4. The van der Waals surface area contributed by atoms with Gasteiger partial charge in [-0.25, -0.2) is 9.59 Å². The van der Waals surface area contributed by atoms with Gasteiger partial charge >= 0.3 is 11.9 Å². The Bertz CT molecular complexity index is 2220. The smallest absolute Gasteiger partial charge is 0.341 e. The monoisotopic (exact) mass is 827 g/mol. The number of esters is 1. The van der Waals surface area contributed by atoms with Crippen molar-refractivity contribution in [3.63, 3.8) is 0 Å². The predicted octanol–water partition coefficient (Wildman–Crippen LogP) is 10.1. The molecular weight excluding hydrogens is 800 g/mol. The highest BCUT2D eigenvalue weighted by Crippen LogP contribution is 2.43. The number of amides is 2. The van der Waals surface area contributed by atoms with Crippen LogP contribution in [0.2, 0.25) is 20.1 Å². The number of thioether (sulfide) groups is 1. The number of methoxy groups -OCH3 is 1. The van der Waals surface area contributed by atoms with Crippen LogP contribution >= 0.6 is 69.5 Å². The third kappa shape index (κ3) is 8.52. The molecule has 272 valence electrons. The summed E-state index contributed by atoms with van der Waals surface area (Å²) in [5.41, 5.74) is 2.35. The number of nitrogens with one attached hydrogen (secondary N) is 2. The van der Waals surface area contributed by atoms with Gasteiger partial charge in [-0.05, 0) is 41.3 Å². The van der Waals surface area contributed by atoms with Crippen molar-refractivity contribution >= 4 is 104 Å². The summed E-state index contributed by atoms with van der Waals surface area (Å²) in [6, 6.07) is 26.0. The highest BCUT2D eigenvalue weighted by Gasteiger charge is 2.32. The number of nitrogens with zero attached hydrogens (tertiary/aromatic N) is 1. The lowest BCUT2D eigenvalue weighted by Gasteiger charge is -2.27. The maximum atomic E-state index is 14.2. The lowest BCUT2D eigenvalue weighted by atomic mass is 10.0. The fourth-order valence-corrected chi connectivity index (χ4v) is 9.32. The first kappa shape index (κ1) is 38.6. The van der Waals surface area contributed by atoms with Gasteiger partial charge in [0, 0.05) is 35.1 Å². The summed E-state index contributed by atoms with van der Waals surface area (Å²) < 4.78 is 5.17. The summed E-state index contributed by atoms with van der Waals surface area (Å²) in [6.07, 6.45) is 0.627. The van der Waals surface area contributed by atoms with E-state index >= 15 is 0 Å². The fraction of sp³-hybridized carbons (Fsp3) is 0.158. The lowest BCUT2D eigenvalue weighted by Crippen LogP contribution is -2.29. The number of ether oxygens (including phenoxy) is 1. The highest BCUT2D eigenvalue weighted by atomic mass is 35.5. The quantitative estimate of drug-likeness (QED) is 0.0520. The zero-order valence-corrected chi connectivity index (χ0v) is 32.4. The number of carboxylic acid groups (broad SMARTS) is 1. The molecule has 2 amide bonds. The number of anilines is 2. The number of aromatic carboxylic acids is 1. The Morgan fingerprint density at radius 3 is 2.17 bits per heavy atom. The first-order valence-electron chi connectivity index (χ1n) is 16.0. The Balaban J connectivity index is 1.26. The average molecular weight is 830 g/mol. The summed E-state index contributed by atoms with van der Waals surface area (Å²) in [6.45, 7) is 2.12. The average Bonchev–Trinajstić information content (AvgIpc) is 3.51. The van der Waals surface area contributed by atoms with Crippen LogP contribution in [0.3, 0.4) is 0 Å². The maximum absolute atomic E-state index is 14.2. The molecule has 15 heteroatoms. The van der Waals surface area contributed by atoms with Crippen LogP contribution in [0.4, 0.5) is 10.7 Å². The van der Waals surface area contributed by atoms with E-state index in [-0.39, 0.29) is 26.7 Å². The molecule has 0 bridgehead atoms. The summed E-state index contributed by atoms with van der Waals surface area (Å²) >= 11 is 27.2. The van der Waals surface area contributed by atoms with Crippen molar-refractivity contribution in [3.8, 4) is 0 Å². The van der Waals surface area contributed by atoms with Crippen LogP contribution in [0.15, 0.2) is 89.8 Å². The number of hydrogen-bond donors (Lipinski definition) is 3. The third-order valence-electron chi connectivity index (χ3n) is 8.41. The molecule has 0 radical (unpaired) electrons. The lowest BCUT2D eigenvalue weighted by molar-refractivity contribution is -0.115. The van der Waals surface area contributed by atoms with E-state index in [1.54, 1.807) is 24.3 Å². The van der Waals surface area contributed by atoms with Crippen molar-refractivity contribution in [2.45, 2.75) is 29.7 Å². The molecule has 1 aliphatic rings. The number of halogens is 4. The standard InChI is InChI=1S/C38H29Cl4N3O6S2/c1-51-38(50)26-24-15-16-45(18-20-9-4-2-5-10-20)19-25(24)53-36(26)44-35(47)33(21-11-6-3-7-12-21)52-23-14-8-13-22(17-23)43-34(46)27-28(37(48)49)30(40)32(42)31(41)29(27)39/h2-14,17,33H,15-16,18-19H2,1H3,(H,43,46)(H,44,47)(H,48,49). The largest absolute Gasteiger partial charge is 0.478 e. The predicted molar refractivity (Wildman–Crippen MR) is 211 cm³/mol. The molecule has 5 aromatic rings. The Kier molecular flexibility index (Phi) is 12.4. The van der Waals surface area contributed by atoms with Gasteiger partial charge < -0.3 is 20.5 Å². The topological polar surface area (TPSA) is 125 Å². The number of rotatable bonds is 11. The molecule has 0 fully saturated rings. The summed E-state index contributed by atoms with van der Waals surface area (Å²) in [7, 11) is 1.32. The SMILES string of the molecule is COC(=O)c1c(NC(=O)C(Sc2cccc(NC(=O)c3c(Cl)c(Cl)c(Cl)c(Cl)c3C(=O)O)c2)c2ccccc2)sc2c1CCN(Cc1ccccc1)C2. The van der Waals surface area contributed by atoms with E-state index in [4.69, 9.17) is 51.1 Å². The second-order valence-electron chi connectivity index (χ2n) is 11.8. The molecule has 0 aliphatic carbocycles. The Labute approximate surface area is 333 Å². The van der Waals surface area contributed by atoms with E-state index in [1.807, 2.05) is 48.5 Å². The van der Waals surface area contributed by atoms with Crippen molar-refractivity contribution in [1.82, 2.24) is 4.90 Å². The van der Waals surface area contributed by atoms with Gasteiger partial charge in [0.1, 0.15) is 10.3 Å². The van der Waals surface area contributed by atoms with Gasteiger partial charge in [0.2, 0.25) is 5.91 Å².